The average molecular weight is 375 g/mol. The minimum atomic E-state index is -0.604. The molecule has 2 aromatic carbocycles. The Morgan fingerprint density at radius 3 is 2.39 bits per heavy atom. The van der Waals surface area contributed by atoms with Crippen LogP contribution in [0.2, 0.25) is 0 Å². The predicted molar refractivity (Wildman–Crippen MR) is 114 cm³/mol. The zero-order valence-electron chi connectivity index (χ0n) is 16.4. The number of benzene rings is 2. The number of para-hydroxylation sites is 1. The lowest BCUT2D eigenvalue weighted by molar-refractivity contribution is -0.110. The van der Waals surface area contributed by atoms with E-state index in [4.69, 9.17) is 5.10 Å². The van der Waals surface area contributed by atoms with Crippen molar-refractivity contribution in [2.45, 2.75) is 56.5 Å². The first-order valence-electron chi connectivity index (χ1n) is 10.9. The van der Waals surface area contributed by atoms with Gasteiger partial charge in [-0.1, -0.05) is 67.8 Å². The smallest absolute Gasteiger partial charge is 0.0762 e. The van der Waals surface area contributed by atoms with Crippen LogP contribution in [0.1, 0.15) is 56.4 Å². The summed E-state index contributed by atoms with van der Waals surface area (Å²) >= 11 is 0. The third kappa shape index (κ3) is 2.97. The van der Waals surface area contributed by atoms with E-state index in [2.05, 4.69) is 47.9 Å². The molecule has 28 heavy (non-hydrogen) atoms. The molecule has 0 unspecified atom stereocenters. The second kappa shape index (κ2) is 7.36. The highest BCUT2D eigenvalue weighted by molar-refractivity contribution is 5.93. The highest BCUT2D eigenvalue weighted by atomic mass is 16.3. The monoisotopic (exact) mass is 374 g/mol. The molecule has 0 amide bonds. The predicted octanol–water partition coefficient (Wildman–Crippen LogP) is 5.59. The Balaban J connectivity index is 1.57. The lowest BCUT2D eigenvalue weighted by Gasteiger charge is -2.57. The molecule has 0 aliphatic heterocycles. The zero-order valence-corrected chi connectivity index (χ0v) is 16.4. The molecular weight excluding hydrogens is 344 g/mol. The van der Waals surface area contributed by atoms with Gasteiger partial charge in [0.05, 0.1) is 11.3 Å². The SMILES string of the molecule is O[C@]12CCCC[C@@H]1[C@H](c1ccccc1)[C@@H]1CCC[C@H]2C1=NNc1ccccc1. The van der Waals surface area contributed by atoms with E-state index in [1.54, 1.807) is 0 Å². The Hall–Kier alpha value is -2.13. The van der Waals surface area contributed by atoms with Crippen LogP contribution in [0.3, 0.4) is 0 Å². The molecule has 3 saturated carbocycles. The molecule has 5 atom stereocenters. The summed E-state index contributed by atoms with van der Waals surface area (Å²) in [5, 5.41) is 16.9. The summed E-state index contributed by atoms with van der Waals surface area (Å²) in [6, 6.07) is 21.1. The summed E-state index contributed by atoms with van der Waals surface area (Å²) in [4.78, 5) is 0. The Morgan fingerprint density at radius 2 is 1.61 bits per heavy atom. The lowest BCUT2D eigenvalue weighted by atomic mass is 9.49. The van der Waals surface area contributed by atoms with Crippen molar-refractivity contribution in [3.63, 3.8) is 0 Å². The largest absolute Gasteiger partial charge is 0.389 e. The fraction of sp³-hybridized carbons (Fsp3) is 0.480. The van der Waals surface area contributed by atoms with Gasteiger partial charge in [0.25, 0.3) is 0 Å². The molecule has 0 aromatic heterocycles. The van der Waals surface area contributed by atoms with Crippen molar-refractivity contribution < 1.29 is 5.11 Å². The van der Waals surface area contributed by atoms with Gasteiger partial charge in [0.1, 0.15) is 0 Å². The zero-order chi connectivity index (χ0) is 19.0. The number of hydrazone groups is 1. The lowest BCUT2D eigenvalue weighted by Crippen LogP contribution is -2.60. The minimum absolute atomic E-state index is 0.202. The van der Waals surface area contributed by atoms with Gasteiger partial charge in [-0.2, -0.15) is 5.10 Å². The van der Waals surface area contributed by atoms with Crippen LogP contribution in [-0.4, -0.2) is 16.4 Å². The topological polar surface area (TPSA) is 44.6 Å². The van der Waals surface area contributed by atoms with E-state index in [1.165, 1.54) is 30.5 Å². The summed E-state index contributed by atoms with van der Waals surface area (Å²) in [7, 11) is 0. The molecule has 5 rings (SSSR count). The van der Waals surface area contributed by atoms with Crippen LogP contribution in [0.15, 0.2) is 65.8 Å². The number of hydrogen-bond acceptors (Lipinski definition) is 3. The van der Waals surface area contributed by atoms with Crippen molar-refractivity contribution in [3.05, 3.63) is 66.2 Å². The Bertz CT molecular complexity index is 834. The van der Waals surface area contributed by atoms with Crippen molar-refractivity contribution >= 4 is 11.4 Å². The Labute approximate surface area is 167 Å². The molecule has 0 radical (unpaired) electrons. The number of aliphatic hydroxyl groups is 1. The second-order valence-electron chi connectivity index (χ2n) is 8.88. The van der Waals surface area contributed by atoms with Gasteiger partial charge < -0.3 is 5.11 Å². The Morgan fingerprint density at radius 1 is 0.857 bits per heavy atom. The molecule has 0 saturated heterocycles. The molecule has 3 nitrogen and oxygen atoms in total. The van der Waals surface area contributed by atoms with Gasteiger partial charge in [0, 0.05) is 17.5 Å². The standard InChI is InChI=1S/C25H30N2O/c28-25-17-8-7-15-21(25)23(18-10-3-1-4-11-18)20-14-9-16-22(25)24(20)27-26-19-12-5-2-6-13-19/h1-6,10-13,20-23,26,28H,7-9,14-17H2/t20-,21+,22-,23+,25+/m0/s1. The third-order valence-electron chi connectivity index (χ3n) is 7.47. The molecule has 0 heterocycles. The highest BCUT2D eigenvalue weighted by Gasteiger charge is 2.58. The molecule has 2 N–H and O–H groups in total. The molecule has 3 fully saturated rings. The van der Waals surface area contributed by atoms with Crippen LogP contribution < -0.4 is 5.43 Å². The van der Waals surface area contributed by atoms with Gasteiger partial charge >= 0.3 is 0 Å². The normalized spacial score (nSPS) is 36.0. The van der Waals surface area contributed by atoms with Crippen molar-refractivity contribution in [2.24, 2.45) is 22.9 Å². The first kappa shape index (κ1) is 17.9. The van der Waals surface area contributed by atoms with Crippen molar-refractivity contribution in [3.8, 4) is 0 Å². The van der Waals surface area contributed by atoms with E-state index in [9.17, 15) is 5.11 Å². The molecule has 2 aromatic rings. The van der Waals surface area contributed by atoms with E-state index in [0.717, 1.165) is 31.4 Å². The second-order valence-corrected chi connectivity index (χ2v) is 8.88. The molecule has 146 valence electrons. The molecule has 3 aliphatic rings. The summed E-state index contributed by atoms with van der Waals surface area (Å²) in [5.41, 5.74) is 6.31. The van der Waals surface area contributed by atoms with Crippen LogP contribution >= 0.6 is 0 Å². The van der Waals surface area contributed by atoms with Crippen molar-refractivity contribution in [1.82, 2.24) is 0 Å². The van der Waals surface area contributed by atoms with E-state index < -0.39 is 5.60 Å². The van der Waals surface area contributed by atoms with Crippen LogP contribution in [-0.2, 0) is 0 Å². The number of nitrogens with one attached hydrogen (secondary N) is 1. The van der Waals surface area contributed by atoms with Crippen LogP contribution in [0.25, 0.3) is 0 Å². The van der Waals surface area contributed by atoms with Crippen molar-refractivity contribution in [2.75, 3.05) is 5.43 Å². The average Bonchev–Trinajstić information content (AvgIpc) is 2.75. The molecule has 0 spiro atoms. The molecule has 2 bridgehead atoms. The fourth-order valence-corrected chi connectivity index (χ4v) is 6.32. The number of anilines is 1. The number of nitrogens with zero attached hydrogens (tertiary/aromatic N) is 1. The van der Waals surface area contributed by atoms with Gasteiger partial charge in [-0.3, -0.25) is 5.43 Å². The summed E-state index contributed by atoms with van der Waals surface area (Å²) in [6.45, 7) is 0. The first-order chi connectivity index (χ1) is 13.8. The van der Waals surface area contributed by atoms with Crippen molar-refractivity contribution in [1.29, 1.82) is 0 Å². The highest BCUT2D eigenvalue weighted by Crippen LogP contribution is 2.58. The maximum Gasteiger partial charge on any atom is 0.0762 e. The van der Waals surface area contributed by atoms with Crippen LogP contribution in [0.5, 0.6) is 0 Å². The maximum absolute atomic E-state index is 12.0. The summed E-state index contributed by atoms with van der Waals surface area (Å²) in [5.74, 6) is 1.36. The number of hydrogen-bond donors (Lipinski definition) is 2. The molecule has 3 heteroatoms. The van der Waals surface area contributed by atoms with E-state index in [0.29, 0.717) is 17.8 Å². The van der Waals surface area contributed by atoms with Crippen LogP contribution in [0, 0.1) is 17.8 Å². The minimum Gasteiger partial charge on any atom is -0.389 e. The van der Waals surface area contributed by atoms with E-state index in [1.807, 2.05) is 18.2 Å². The first-order valence-corrected chi connectivity index (χ1v) is 10.9. The molecule has 3 aliphatic carbocycles. The summed E-state index contributed by atoms with van der Waals surface area (Å²) in [6.07, 6.45) is 7.88. The quantitative estimate of drug-likeness (QED) is 0.688. The van der Waals surface area contributed by atoms with Gasteiger partial charge in [-0.15, -0.1) is 0 Å². The van der Waals surface area contributed by atoms with Gasteiger partial charge in [-0.05, 0) is 55.2 Å². The van der Waals surface area contributed by atoms with E-state index in [-0.39, 0.29) is 5.92 Å². The van der Waals surface area contributed by atoms with Gasteiger partial charge in [-0.25, -0.2) is 0 Å². The van der Waals surface area contributed by atoms with Gasteiger partial charge in [0.2, 0.25) is 0 Å². The van der Waals surface area contributed by atoms with Crippen LogP contribution in [0.4, 0.5) is 5.69 Å². The number of fused-ring (bicyclic) bond motifs is 4. The fourth-order valence-electron chi connectivity index (χ4n) is 6.32. The Kier molecular flexibility index (Phi) is 4.72. The van der Waals surface area contributed by atoms with E-state index >= 15 is 0 Å². The summed E-state index contributed by atoms with van der Waals surface area (Å²) < 4.78 is 0. The van der Waals surface area contributed by atoms with Gasteiger partial charge in [0.15, 0.2) is 0 Å². The maximum atomic E-state index is 12.0. The molecular formula is C25H30N2O. The number of rotatable bonds is 3. The third-order valence-corrected chi connectivity index (χ3v) is 7.47.